The summed E-state index contributed by atoms with van der Waals surface area (Å²) >= 11 is 0. The van der Waals surface area contributed by atoms with Crippen LogP contribution in [0.1, 0.15) is 34.5 Å². The highest BCUT2D eigenvalue weighted by atomic mass is 32.2. The summed E-state index contributed by atoms with van der Waals surface area (Å²) in [5, 5.41) is 2.79. The van der Waals surface area contributed by atoms with Gasteiger partial charge in [-0.3, -0.25) is 9.52 Å². The van der Waals surface area contributed by atoms with Crippen molar-refractivity contribution >= 4 is 21.6 Å². The minimum absolute atomic E-state index is 0.106. The van der Waals surface area contributed by atoms with E-state index in [1.165, 1.54) is 30.3 Å². The molecule has 1 atom stereocenters. The molecular formula is C22H19F3N2O3S. The average molecular weight is 448 g/mol. The molecule has 0 radical (unpaired) electrons. The smallest absolute Gasteiger partial charge is 0.346 e. The van der Waals surface area contributed by atoms with Gasteiger partial charge in [-0.05, 0) is 48.9 Å². The summed E-state index contributed by atoms with van der Waals surface area (Å²) in [7, 11) is -4.21. The van der Waals surface area contributed by atoms with Crippen LogP contribution in [-0.2, 0) is 16.2 Å². The van der Waals surface area contributed by atoms with Gasteiger partial charge in [0.1, 0.15) is 0 Å². The Bertz CT molecular complexity index is 1180. The summed E-state index contributed by atoms with van der Waals surface area (Å²) < 4.78 is 66.0. The summed E-state index contributed by atoms with van der Waals surface area (Å²) in [4.78, 5) is 12.3. The molecule has 3 aromatic rings. The van der Waals surface area contributed by atoms with Gasteiger partial charge in [-0.1, -0.05) is 42.5 Å². The minimum Gasteiger partial charge on any atom is -0.346 e. The lowest BCUT2D eigenvalue weighted by atomic mass is 10.1. The molecule has 0 heterocycles. The van der Waals surface area contributed by atoms with Gasteiger partial charge in [-0.25, -0.2) is 8.42 Å². The summed E-state index contributed by atoms with van der Waals surface area (Å²) in [5.41, 5.74) is -0.223. The Morgan fingerprint density at radius 2 is 1.58 bits per heavy atom. The van der Waals surface area contributed by atoms with Gasteiger partial charge in [0.2, 0.25) is 0 Å². The molecule has 1 amide bonds. The Balaban J connectivity index is 1.79. The van der Waals surface area contributed by atoms with Crippen molar-refractivity contribution < 1.29 is 26.4 Å². The van der Waals surface area contributed by atoms with Crippen LogP contribution in [0.3, 0.4) is 0 Å². The molecule has 0 aromatic heterocycles. The fraction of sp³-hybridized carbons (Fsp3) is 0.136. The number of hydrogen-bond acceptors (Lipinski definition) is 3. The Morgan fingerprint density at radius 1 is 0.903 bits per heavy atom. The zero-order valence-corrected chi connectivity index (χ0v) is 17.2. The molecule has 0 saturated heterocycles. The van der Waals surface area contributed by atoms with Crippen LogP contribution in [0.15, 0.2) is 83.8 Å². The topological polar surface area (TPSA) is 75.3 Å². The molecule has 3 rings (SSSR count). The van der Waals surface area contributed by atoms with Crippen molar-refractivity contribution in [3.63, 3.8) is 0 Å². The molecule has 0 fully saturated rings. The van der Waals surface area contributed by atoms with Crippen molar-refractivity contribution in [3.8, 4) is 0 Å². The lowest BCUT2D eigenvalue weighted by molar-refractivity contribution is -0.137. The normalized spacial score (nSPS) is 12.8. The van der Waals surface area contributed by atoms with Crippen molar-refractivity contribution in [2.75, 3.05) is 4.72 Å². The lowest BCUT2D eigenvalue weighted by Gasteiger charge is -2.15. The van der Waals surface area contributed by atoms with E-state index in [1.807, 2.05) is 30.3 Å². The van der Waals surface area contributed by atoms with E-state index in [9.17, 15) is 26.4 Å². The van der Waals surface area contributed by atoms with E-state index in [0.29, 0.717) is 6.07 Å². The van der Waals surface area contributed by atoms with Gasteiger partial charge in [0.15, 0.2) is 0 Å². The van der Waals surface area contributed by atoms with Gasteiger partial charge in [-0.2, -0.15) is 13.2 Å². The maximum atomic E-state index is 12.9. The molecule has 31 heavy (non-hydrogen) atoms. The summed E-state index contributed by atoms with van der Waals surface area (Å²) in [5.74, 6) is -0.479. The quantitative estimate of drug-likeness (QED) is 0.558. The molecule has 0 aliphatic heterocycles. The Morgan fingerprint density at radius 3 is 2.26 bits per heavy atom. The fourth-order valence-electron chi connectivity index (χ4n) is 2.88. The van der Waals surface area contributed by atoms with Crippen LogP contribution in [0.4, 0.5) is 18.9 Å². The van der Waals surface area contributed by atoms with Crippen molar-refractivity contribution in [1.29, 1.82) is 0 Å². The number of hydrogen-bond donors (Lipinski definition) is 2. The lowest BCUT2D eigenvalue weighted by Crippen LogP contribution is -2.27. The predicted molar refractivity (Wildman–Crippen MR) is 111 cm³/mol. The molecule has 0 bridgehead atoms. The molecule has 0 saturated carbocycles. The van der Waals surface area contributed by atoms with E-state index >= 15 is 0 Å². The SMILES string of the molecule is C[C@H](NC(=O)c1cccc(S(=O)(=O)Nc2cccc(C(F)(F)F)c2)c1)c1ccccc1. The van der Waals surface area contributed by atoms with E-state index in [1.54, 1.807) is 6.92 Å². The number of sulfonamides is 1. The maximum absolute atomic E-state index is 12.9. The van der Waals surface area contributed by atoms with Crippen LogP contribution in [0.25, 0.3) is 0 Å². The summed E-state index contributed by atoms with van der Waals surface area (Å²) in [6.07, 6.45) is -4.60. The van der Waals surface area contributed by atoms with E-state index in [4.69, 9.17) is 0 Å². The number of anilines is 1. The molecule has 9 heteroatoms. The fourth-order valence-corrected chi connectivity index (χ4v) is 3.98. The largest absolute Gasteiger partial charge is 0.416 e. The molecule has 2 N–H and O–H groups in total. The number of carbonyl (C=O) groups excluding carboxylic acids is 1. The van der Waals surface area contributed by atoms with E-state index in [-0.39, 0.29) is 22.2 Å². The molecular weight excluding hydrogens is 429 g/mol. The number of alkyl halides is 3. The van der Waals surface area contributed by atoms with Gasteiger partial charge < -0.3 is 5.32 Å². The number of halogens is 3. The minimum atomic E-state index is -4.60. The van der Waals surface area contributed by atoms with Gasteiger partial charge in [0.25, 0.3) is 15.9 Å². The standard InChI is InChI=1S/C22H19F3N2O3S/c1-15(16-7-3-2-4-8-16)26-21(28)17-9-5-12-20(13-17)31(29,30)27-19-11-6-10-18(14-19)22(23,24)25/h2-15,27H,1H3,(H,26,28)/t15-/m0/s1. The highest BCUT2D eigenvalue weighted by Crippen LogP contribution is 2.31. The zero-order valence-electron chi connectivity index (χ0n) is 16.3. The summed E-state index contributed by atoms with van der Waals surface area (Å²) in [6, 6.07) is 18.1. The number of amides is 1. The van der Waals surface area contributed by atoms with Crippen molar-refractivity contribution in [2.24, 2.45) is 0 Å². The van der Waals surface area contributed by atoms with Crippen molar-refractivity contribution in [3.05, 3.63) is 95.6 Å². The monoisotopic (exact) mass is 448 g/mol. The average Bonchev–Trinajstić information content (AvgIpc) is 2.73. The van der Waals surface area contributed by atoms with E-state index in [0.717, 1.165) is 17.7 Å². The van der Waals surface area contributed by atoms with Crippen LogP contribution in [0.5, 0.6) is 0 Å². The van der Waals surface area contributed by atoms with Crippen LogP contribution in [0.2, 0.25) is 0 Å². The van der Waals surface area contributed by atoms with Gasteiger partial charge in [0, 0.05) is 11.3 Å². The van der Waals surface area contributed by atoms with Gasteiger partial charge in [-0.15, -0.1) is 0 Å². The third-order valence-electron chi connectivity index (χ3n) is 4.50. The molecule has 3 aromatic carbocycles. The number of benzene rings is 3. The second-order valence-corrected chi connectivity index (χ2v) is 8.50. The summed E-state index contributed by atoms with van der Waals surface area (Å²) in [6.45, 7) is 1.79. The molecule has 0 unspecified atom stereocenters. The highest BCUT2D eigenvalue weighted by molar-refractivity contribution is 7.92. The van der Waals surface area contributed by atoms with Crippen LogP contribution in [0, 0.1) is 0 Å². The molecule has 162 valence electrons. The Hall–Kier alpha value is -3.33. The molecule has 0 aliphatic carbocycles. The maximum Gasteiger partial charge on any atom is 0.416 e. The van der Waals surface area contributed by atoms with Crippen LogP contribution in [-0.4, -0.2) is 14.3 Å². The molecule has 5 nitrogen and oxygen atoms in total. The number of carbonyl (C=O) groups is 1. The Labute approximate surface area is 178 Å². The van der Waals surface area contributed by atoms with E-state index in [2.05, 4.69) is 10.0 Å². The zero-order chi connectivity index (χ0) is 22.6. The van der Waals surface area contributed by atoms with Crippen LogP contribution < -0.4 is 10.0 Å². The second-order valence-electron chi connectivity index (χ2n) is 6.82. The second kappa shape index (κ2) is 8.81. The third-order valence-corrected chi connectivity index (χ3v) is 5.87. The molecule has 0 aliphatic rings. The Kier molecular flexibility index (Phi) is 6.35. The molecule has 0 spiro atoms. The van der Waals surface area contributed by atoms with Gasteiger partial charge in [0.05, 0.1) is 16.5 Å². The number of nitrogens with one attached hydrogen (secondary N) is 2. The predicted octanol–water partition coefficient (Wildman–Crippen LogP) is 5.00. The first-order chi connectivity index (χ1) is 14.6. The van der Waals surface area contributed by atoms with Crippen molar-refractivity contribution in [1.82, 2.24) is 5.32 Å². The van der Waals surface area contributed by atoms with Crippen molar-refractivity contribution in [2.45, 2.75) is 24.0 Å². The van der Waals surface area contributed by atoms with E-state index < -0.39 is 27.7 Å². The van der Waals surface area contributed by atoms with Crippen LogP contribution >= 0.6 is 0 Å². The third kappa shape index (κ3) is 5.64. The number of rotatable bonds is 6. The first-order valence-corrected chi connectivity index (χ1v) is 10.7. The highest BCUT2D eigenvalue weighted by Gasteiger charge is 2.30. The first kappa shape index (κ1) is 22.4. The van der Waals surface area contributed by atoms with Gasteiger partial charge >= 0.3 is 6.18 Å². The first-order valence-electron chi connectivity index (χ1n) is 9.22.